The summed E-state index contributed by atoms with van der Waals surface area (Å²) in [6.45, 7) is 5.20. The normalized spacial score (nSPS) is 27.1. The number of amides is 3. The van der Waals surface area contributed by atoms with Crippen molar-refractivity contribution in [3.05, 3.63) is 0 Å². The Morgan fingerprint density at radius 1 is 1.17 bits per heavy atom. The molecule has 1 aliphatic heterocycles. The molecule has 1 fully saturated rings. The van der Waals surface area contributed by atoms with Crippen LogP contribution >= 0.6 is 0 Å². The number of carbonyl (C=O) groups is 4. The zero-order valence-electron chi connectivity index (χ0n) is 20.4. The summed E-state index contributed by atoms with van der Waals surface area (Å²) in [5.41, 5.74) is 11.4. The number of hydrogen-bond donors (Lipinski definition) is 7. The van der Waals surface area contributed by atoms with Gasteiger partial charge in [0.05, 0.1) is 18.8 Å². The first-order chi connectivity index (χ1) is 16.2. The average Bonchev–Trinajstić information content (AvgIpc) is 2.75. The van der Waals surface area contributed by atoms with Crippen LogP contribution in [0.2, 0.25) is 0 Å². The first-order valence-corrected chi connectivity index (χ1v) is 11.3. The molecule has 0 aromatic rings. The van der Waals surface area contributed by atoms with E-state index in [1.54, 1.807) is 13.8 Å². The zero-order valence-corrected chi connectivity index (χ0v) is 20.4. The van der Waals surface area contributed by atoms with Crippen molar-refractivity contribution >= 4 is 23.7 Å². The van der Waals surface area contributed by atoms with Gasteiger partial charge in [-0.15, -0.1) is 0 Å². The van der Waals surface area contributed by atoms with Crippen LogP contribution in [0.1, 0.15) is 40.5 Å². The van der Waals surface area contributed by atoms with Crippen LogP contribution in [-0.2, 0) is 28.7 Å². The van der Waals surface area contributed by atoms with Crippen LogP contribution in [0.5, 0.6) is 0 Å². The molecule has 1 aliphatic rings. The number of aliphatic carboxylic acids is 1. The molecule has 0 spiro atoms. The van der Waals surface area contributed by atoms with Crippen LogP contribution in [0.3, 0.4) is 0 Å². The third kappa shape index (κ3) is 8.66. The molecule has 0 aromatic carbocycles. The highest BCUT2D eigenvalue weighted by Crippen LogP contribution is 2.23. The predicted octanol–water partition coefficient (Wildman–Crippen LogP) is -3.13. The number of carboxylic acid groups (broad SMARTS) is 1. The molecular weight excluding hydrogens is 468 g/mol. The third-order valence-corrected chi connectivity index (χ3v) is 5.67. The average molecular weight is 507 g/mol. The van der Waals surface area contributed by atoms with E-state index in [-0.39, 0.29) is 18.9 Å². The second kappa shape index (κ2) is 13.7. The van der Waals surface area contributed by atoms with E-state index in [1.165, 1.54) is 13.8 Å². The van der Waals surface area contributed by atoms with Gasteiger partial charge in [-0.2, -0.15) is 0 Å². The quantitative estimate of drug-likeness (QED) is 0.132. The van der Waals surface area contributed by atoms with Gasteiger partial charge in [-0.1, -0.05) is 13.8 Å². The summed E-state index contributed by atoms with van der Waals surface area (Å²) in [4.78, 5) is 49.5. The number of carbonyl (C=O) groups excluding carboxylic acids is 3. The van der Waals surface area contributed by atoms with Gasteiger partial charge in [-0.3, -0.25) is 19.2 Å². The summed E-state index contributed by atoms with van der Waals surface area (Å²) in [5.74, 6) is -3.69. The molecule has 14 heteroatoms. The molecule has 1 heterocycles. The first-order valence-electron chi connectivity index (χ1n) is 11.3. The Balaban J connectivity index is 3.24. The Bertz CT molecular complexity index is 752. The van der Waals surface area contributed by atoms with Gasteiger partial charge in [0.1, 0.15) is 30.4 Å². The van der Waals surface area contributed by atoms with E-state index in [1.807, 2.05) is 0 Å². The molecule has 0 aliphatic carbocycles. The molecule has 14 nitrogen and oxygen atoms in total. The molecule has 1 unspecified atom stereocenters. The summed E-state index contributed by atoms with van der Waals surface area (Å²) < 4.78 is 10.8. The number of aliphatic hydroxyl groups is 3. The number of nitrogens with zero attached hydrogens (tertiary/aromatic N) is 1. The van der Waals surface area contributed by atoms with Gasteiger partial charge >= 0.3 is 5.97 Å². The molecule has 0 saturated carbocycles. The molecule has 3 amide bonds. The highest BCUT2D eigenvalue weighted by Gasteiger charge is 2.45. The summed E-state index contributed by atoms with van der Waals surface area (Å²) in [5, 5.41) is 41.4. The number of nitrogens with one attached hydrogen (secondary N) is 1. The summed E-state index contributed by atoms with van der Waals surface area (Å²) in [7, 11) is 0. The Hall–Kier alpha value is -2.36. The number of carboxylic acids is 1. The Morgan fingerprint density at radius 3 is 2.23 bits per heavy atom. The Morgan fingerprint density at radius 2 is 1.77 bits per heavy atom. The molecule has 0 aromatic heterocycles. The van der Waals surface area contributed by atoms with Crippen molar-refractivity contribution in [1.29, 1.82) is 0 Å². The van der Waals surface area contributed by atoms with Crippen LogP contribution in [0.4, 0.5) is 0 Å². The highest BCUT2D eigenvalue weighted by atomic mass is 16.6. The fourth-order valence-corrected chi connectivity index (χ4v) is 3.86. The van der Waals surface area contributed by atoms with Gasteiger partial charge in [-0.05, 0) is 19.3 Å². The zero-order chi connectivity index (χ0) is 27.0. The van der Waals surface area contributed by atoms with Crippen molar-refractivity contribution in [3.63, 3.8) is 0 Å². The van der Waals surface area contributed by atoms with E-state index < -0.39 is 85.5 Å². The van der Waals surface area contributed by atoms with E-state index in [2.05, 4.69) is 5.32 Å². The van der Waals surface area contributed by atoms with Gasteiger partial charge < -0.3 is 51.6 Å². The van der Waals surface area contributed by atoms with Gasteiger partial charge in [-0.25, -0.2) is 0 Å². The largest absolute Gasteiger partial charge is 0.481 e. The molecule has 9 N–H and O–H groups in total. The minimum absolute atomic E-state index is 0.279. The van der Waals surface area contributed by atoms with Crippen molar-refractivity contribution in [2.45, 2.75) is 89.4 Å². The molecule has 35 heavy (non-hydrogen) atoms. The fourth-order valence-electron chi connectivity index (χ4n) is 3.86. The highest BCUT2D eigenvalue weighted by molar-refractivity contribution is 5.91. The van der Waals surface area contributed by atoms with Gasteiger partial charge in [0.15, 0.2) is 6.29 Å². The lowest BCUT2D eigenvalue weighted by atomic mass is 9.97. The predicted molar refractivity (Wildman–Crippen MR) is 120 cm³/mol. The molecule has 0 radical (unpaired) electrons. The van der Waals surface area contributed by atoms with Crippen molar-refractivity contribution in [3.8, 4) is 0 Å². The molecular formula is C21H38N4O10. The molecule has 1 rings (SSSR count). The van der Waals surface area contributed by atoms with Gasteiger partial charge in [0.25, 0.3) is 0 Å². The molecule has 8 atom stereocenters. The lowest BCUT2D eigenvalue weighted by Gasteiger charge is -2.42. The number of primary amides is 1. The summed E-state index contributed by atoms with van der Waals surface area (Å²) in [6, 6.07) is -3.56. The first kappa shape index (κ1) is 30.7. The SMILES string of the molecule is CC(=O)N[C@H](C(=O)N(CC(C)O[C@@H]1[C@@H](N)[C@@H](O)O[C@H](CO)[C@H]1O)[C@H](CCC(=O)O)C(N)=O)C(C)C. The van der Waals surface area contributed by atoms with Crippen molar-refractivity contribution < 1.29 is 49.1 Å². The van der Waals surface area contributed by atoms with Crippen LogP contribution in [-0.4, -0.2) is 111 Å². The van der Waals surface area contributed by atoms with E-state index in [4.69, 9.17) is 26.0 Å². The van der Waals surface area contributed by atoms with Crippen LogP contribution in [0.25, 0.3) is 0 Å². The molecule has 0 bridgehead atoms. The van der Waals surface area contributed by atoms with Crippen LogP contribution in [0, 0.1) is 5.92 Å². The minimum Gasteiger partial charge on any atom is -0.481 e. The van der Waals surface area contributed by atoms with E-state index in [9.17, 15) is 34.5 Å². The topological polar surface area (TPSA) is 235 Å². The van der Waals surface area contributed by atoms with Gasteiger partial charge in [0.2, 0.25) is 17.7 Å². The number of aliphatic hydroxyl groups excluding tert-OH is 3. The maximum atomic E-state index is 13.5. The maximum Gasteiger partial charge on any atom is 0.303 e. The second-order valence-electron chi connectivity index (χ2n) is 8.99. The van der Waals surface area contributed by atoms with Crippen molar-refractivity contribution in [2.24, 2.45) is 17.4 Å². The number of rotatable bonds is 13. The number of nitrogens with two attached hydrogens (primary N) is 2. The fraction of sp³-hybridized carbons (Fsp3) is 0.810. The maximum absolute atomic E-state index is 13.5. The van der Waals surface area contributed by atoms with Crippen LogP contribution in [0.15, 0.2) is 0 Å². The van der Waals surface area contributed by atoms with E-state index in [0.29, 0.717) is 0 Å². The Kier molecular flexibility index (Phi) is 12.0. The Labute approximate surface area is 203 Å². The number of ether oxygens (including phenoxy) is 2. The lowest BCUT2D eigenvalue weighted by molar-refractivity contribution is -0.263. The number of hydrogen-bond acceptors (Lipinski definition) is 10. The molecule has 1 saturated heterocycles. The van der Waals surface area contributed by atoms with E-state index in [0.717, 1.165) is 4.90 Å². The second-order valence-corrected chi connectivity index (χ2v) is 8.99. The molecule has 202 valence electrons. The van der Waals surface area contributed by atoms with Crippen LogP contribution < -0.4 is 16.8 Å². The van der Waals surface area contributed by atoms with E-state index >= 15 is 0 Å². The summed E-state index contributed by atoms with van der Waals surface area (Å²) >= 11 is 0. The van der Waals surface area contributed by atoms with Crippen molar-refractivity contribution in [1.82, 2.24) is 10.2 Å². The standard InChI is InChI=1S/C21H38N4O10/c1-9(2)16(24-11(4)27)20(32)25(12(19(23)31)5-6-14(28)29)7-10(3)34-18-15(22)21(33)35-13(8-26)17(18)30/h9-10,12-13,15-18,21,26,30,33H,5-8,22H2,1-4H3,(H2,23,31)(H,24,27)(H,28,29)/t10?,12-,13-,15-,16+,17-,18-,21+/m1/s1. The van der Waals surface area contributed by atoms with Gasteiger partial charge in [0, 0.05) is 19.9 Å². The lowest BCUT2D eigenvalue weighted by Crippen LogP contribution is -2.64. The minimum atomic E-state index is -1.54. The smallest absolute Gasteiger partial charge is 0.303 e. The monoisotopic (exact) mass is 506 g/mol. The third-order valence-electron chi connectivity index (χ3n) is 5.67. The van der Waals surface area contributed by atoms with Crippen molar-refractivity contribution in [2.75, 3.05) is 13.2 Å². The summed E-state index contributed by atoms with van der Waals surface area (Å²) in [6.07, 6.45) is -6.96.